The van der Waals surface area contributed by atoms with Crippen LogP contribution in [0.2, 0.25) is 0 Å². The van der Waals surface area contributed by atoms with E-state index in [9.17, 15) is 4.79 Å². The van der Waals surface area contributed by atoms with Crippen molar-refractivity contribution in [3.05, 3.63) is 18.5 Å². The minimum atomic E-state index is -0.0584. The third-order valence-electron chi connectivity index (χ3n) is 4.36. The Morgan fingerprint density at radius 2 is 2.16 bits per heavy atom. The zero-order valence-electron chi connectivity index (χ0n) is 15.6. The van der Waals surface area contributed by atoms with Gasteiger partial charge in [0.25, 0.3) is 0 Å². The van der Waals surface area contributed by atoms with Crippen molar-refractivity contribution in [2.45, 2.75) is 40.2 Å². The van der Waals surface area contributed by atoms with E-state index in [-0.39, 0.29) is 11.9 Å². The number of aliphatic imine (C=N–C) groups is 1. The molecule has 1 N–H and O–H groups in total. The highest BCUT2D eigenvalue weighted by Crippen LogP contribution is 2.19. The summed E-state index contributed by atoms with van der Waals surface area (Å²) in [4.78, 5) is 18.9. The molecular weight excluding hydrogens is 318 g/mol. The maximum atomic E-state index is 11.9. The Morgan fingerprint density at radius 3 is 2.76 bits per heavy atom. The highest BCUT2D eigenvalue weighted by Gasteiger charge is 2.27. The average Bonchev–Trinajstić information content (AvgIpc) is 3.12. The summed E-state index contributed by atoms with van der Waals surface area (Å²) in [6, 6.07) is 1.94. The summed E-state index contributed by atoms with van der Waals surface area (Å²) in [7, 11) is 0. The van der Waals surface area contributed by atoms with Gasteiger partial charge in [0.1, 0.15) is 0 Å². The molecule has 1 aromatic heterocycles. The first kappa shape index (κ1) is 19.3. The lowest BCUT2D eigenvalue weighted by Crippen LogP contribution is -2.47. The molecule has 25 heavy (non-hydrogen) atoms. The summed E-state index contributed by atoms with van der Waals surface area (Å²) >= 11 is 0. The molecule has 0 spiro atoms. The van der Waals surface area contributed by atoms with Crippen molar-refractivity contribution in [3.8, 4) is 0 Å². The molecule has 0 aromatic carbocycles. The number of aromatic nitrogens is 2. The summed E-state index contributed by atoms with van der Waals surface area (Å²) in [5.74, 6) is 1.32. The molecule has 1 unspecified atom stereocenters. The number of likely N-dealkylation sites (tertiary alicyclic amines) is 1. The molecule has 0 amide bonds. The van der Waals surface area contributed by atoms with Crippen LogP contribution in [-0.2, 0) is 16.1 Å². The first-order chi connectivity index (χ1) is 12.1. The Kier molecular flexibility index (Phi) is 7.76. The normalized spacial score (nSPS) is 17.4. The predicted molar refractivity (Wildman–Crippen MR) is 98.3 cm³/mol. The lowest BCUT2D eigenvalue weighted by atomic mass is 9.97. The van der Waals surface area contributed by atoms with E-state index in [1.165, 1.54) is 0 Å². The summed E-state index contributed by atoms with van der Waals surface area (Å²) in [6.07, 6.45) is 5.43. The smallest absolute Gasteiger partial charge is 0.309 e. The van der Waals surface area contributed by atoms with Gasteiger partial charge in [-0.15, -0.1) is 0 Å². The number of carbonyl (C=O) groups is 1. The number of piperidine rings is 1. The molecule has 1 aliphatic rings. The molecule has 2 rings (SSSR count). The van der Waals surface area contributed by atoms with Gasteiger partial charge < -0.3 is 15.0 Å². The van der Waals surface area contributed by atoms with Crippen molar-refractivity contribution in [3.63, 3.8) is 0 Å². The van der Waals surface area contributed by atoms with Crippen LogP contribution in [0.15, 0.2) is 23.5 Å². The molecule has 1 atom stereocenters. The van der Waals surface area contributed by atoms with E-state index in [4.69, 9.17) is 9.73 Å². The number of esters is 1. The zero-order chi connectivity index (χ0) is 18.1. The molecule has 1 aromatic rings. The number of nitrogens with zero attached hydrogens (tertiary/aromatic N) is 4. The van der Waals surface area contributed by atoms with Gasteiger partial charge in [-0.3, -0.25) is 14.5 Å². The van der Waals surface area contributed by atoms with Crippen molar-refractivity contribution in [1.29, 1.82) is 0 Å². The number of hydrogen-bond acceptors (Lipinski definition) is 4. The fraction of sp³-hybridized carbons (Fsp3) is 0.722. The molecule has 0 aliphatic carbocycles. The summed E-state index contributed by atoms with van der Waals surface area (Å²) < 4.78 is 7.08. The number of carbonyl (C=O) groups excluding carboxylic acids is 1. The van der Waals surface area contributed by atoms with Gasteiger partial charge in [0.2, 0.25) is 0 Å². The third kappa shape index (κ3) is 6.07. The first-order valence-electron chi connectivity index (χ1n) is 9.31. The van der Waals surface area contributed by atoms with Gasteiger partial charge in [-0.2, -0.15) is 5.10 Å². The zero-order valence-corrected chi connectivity index (χ0v) is 15.6. The molecule has 0 radical (unpaired) electrons. The van der Waals surface area contributed by atoms with Crippen molar-refractivity contribution in [2.24, 2.45) is 16.8 Å². The number of rotatable bonds is 7. The second kappa shape index (κ2) is 10.1. The fourth-order valence-corrected chi connectivity index (χ4v) is 3.04. The number of nitrogens with one attached hydrogen (secondary N) is 1. The average molecular weight is 349 g/mol. The van der Waals surface area contributed by atoms with Crippen LogP contribution in [0, 0.1) is 11.8 Å². The van der Waals surface area contributed by atoms with Crippen LogP contribution in [0.25, 0.3) is 0 Å². The van der Waals surface area contributed by atoms with Gasteiger partial charge in [-0.05, 0) is 38.7 Å². The standard InChI is InChI=1S/C18H31N5O2/c1-4-19-18(20-13-15(3)14-23-10-6-9-21-23)22-11-7-16(8-12-22)17(24)25-5-2/h6,9-10,15-16H,4-5,7-8,11-14H2,1-3H3,(H,19,20). The highest BCUT2D eigenvalue weighted by molar-refractivity contribution is 5.80. The van der Waals surface area contributed by atoms with E-state index in [2.05, 4.69) is 29.2 Å². The number of hydrogen-bond donors (Lipinski definition) is 1. The number of guanidine groups is 1. The van der Waals surface area contributed by atoms with Crippen LogP contribution < -0.4 is 5.32 Å². The monoisotopic (exact) mass is 349 g/mol. The van der Waals surface area contributed by atoms with E-state index in [1.54, 1.807) is 6.20 Å². The van der Waals surface area contributed by atoms with Gasteiger partial charge in [-0.25, -0.2) is 0 Å². The van der Waals surface area contributed by atoms with Crippen molar-refractivity contribution < 1.29 is 9.53 Å². The third-order valence-corrected chi connectivity index (χ3v) is 4.36. The molecule has 1 aliphatic heterocycles. The van der Waals surface area contributed by atoms with Crippen LogP contribution in [0.3, 0.4) is 0 Å². The van der Waals surface area contributed by atoms with Crippen LogP contribution in [0.4, 0.5) is 0 Å². The van der Waals surface area contributed by atoms with E-state index >= 15 is 0 Å². The topological polar surface area (TPSA) is 71.8 Å². The van der Waals surface area contributed by atoms with E-state index in [0.717, 1.165) is 51.5 Å². The highest BCUT2D eigenvalue weighted by atomic mass is 16.5. The second-order valence-electron chi connectivity index (χ2n) is 6.54. The lowest BCUT2D eigenvalue weighted by Gasteiger charge is -2.33. The lowest BCUT2D eigenvalue weighted by molar-refractivity contribution is -0.149. The summed E-state index contributed by atoms with van der Waals surface area (Å²) in [5, 5.41) is 7.62. The molecule has 140 valence electrons. The Labute approximate surface area is 150 Å². The van der Waals surface area contributed by atoms with Gasteiger partial charge in [0, 0.05) is 45.1 Å². The van der Waals surface area contributed by atoms with Crippen LogP contribution in [0.1, 0.15) is 33.6 Å². The van der Waals surface area contributed by atoms with Crippen molar-refractivity contribution >= 4 is 11.9 Å². The Balaban J connectivity index is 1.86. The summed E-state index contributed by atoms with van der Waals surface area (Å²) in [5.41, 5.74) is 0. The minimum Gasteiger partial charge on any atom is -0.466 e. The van der Waals surface area contributed by atoms with Crippen molar-refractivity contribution in [2.75, 3.05) is 32.8 Å². The maximum absolute atomic E-state index is 11.9. The largest absolute Gasteiger partial charge is 0.466 e. The molecule has 1 saturated heterocycles. The van der Waals surface area contributed by atoms with Crippen molar-refractivity contribution in [1.82, 2.24) is 20.0 Å². The molecular formula is C18H31N5O2. The van der Waals surface area contributed by atoms with Crippen LogP contribution >= 0.6 is 0 Å². The minimum absolute atomic E-state index is 0.0258. The van der Waals surface area contributed by atoms with Crippen LogP contribution in [-0.4, -0.2) is 59.4 Å². The van der Waals surface area contributed by atoms with Crippen LogP contribution in [0.5, 0.6) is 0 Å². The van der Waals surface area contributed by atoms with Gasteiger partial charge >= 0.3 is 5.97 Å². The quantitative estimate of drug-likeness (QED) is 0.461. The maximum Gasteiger partial charge on any atom is 0.309 e. The molecule has 2 heterocycles. The van der Waals surface area contributed by atoms with E-state index in [0.29, 0.717) is 12.5 Å². The first-order valence-corrected chi connectivity index (χ1v) is 9.31. The Morgan fingerprint density at radius 1 is 1.40 bits per heavy atom. The molecule has 0 saturated carbocycles. The van der Waals surface area contributed by atoms with Gasteiger partial charge in [0.05, 0.1) is 12.5 Å². The van der Waals surface area contributed by atoms with E-state index in [1.807, 2.05) is 23.9 Å². The second-order valence-corrected chi connectivity index (χ2v) is 6.54. The molecule has 0 bridgehead atoms. The molecule has 7 nitrogen and oxygen atoms in total. The summed E-state index contributed by atoms with van der Waals surface area (Å²) in [6.45, 7) is 10.7. The fourth-order valence-electron chi connectivity index (χ4n) is 3.04. The molecule has 7 heteroatoms. The van der Waals surface area contributed by atoms with Gasteiger partial charge in [0.15, 0.2) is 5.96 Å². The molecule has 1 fully saturated rings. The van der Waals surface area contributed by atoms with Gasteiger partial charge in [-0.1, -0.05) is 6.92 Å². The Bertz CT molecular complexity index is 536. The van der Waals surface area contributed by atoms with E-state index < -0.39 is 0 Å². The number of ether oxygens (including phenoxy) is 1. The predicted octanol–water partition coefficient (Wildman–Crippen LogP) is 1.76. The Hall–Kier alpha value is -2.05. The SMILES string of the molecule is CCNC(=NCC(C)Cn1cccn1)N1CCC(C(=O)OCC)CC1.